The van der Waals surface area contributed by atoms with Gasteiger partial charge in [-0.15, -0.1) is 0 Å². The Morgan fingerprint density at radius 3 is 2.49 bits per heavy atom. The van der Waals surface area contributed by atoms with E-state index in [1.807, 2.05) is 45.0 Å². The number of nitrogens with zero attached hydrogens (tertiary/aromatic N) is 2. The van der Waals surface area contributed by atoms with Crippen LogP contribution in [-0.2, 0) is 26.2 Å². The number of carbonyl (C=O) groups is 3. The van der Waals surface area contributed by atoms with Crippen molar-refractivity contribution in [1.29, 1.82) is 0 Å². The first-order valence-corrected chi connectivity index (χ1v) is 13.4. The highest BCUT2D eigenvalue weighted by atomic mass is 32.2. The minimum atomic E-state index is -4.00. The van der Waals surface area contributed by atoms with Gasteiger partial charge in [0.15, 0.2) is 0 Å². The Bertz CT molecular complexity index is 1190. The first-order chi connectivity index (χ1) is 16.7. The summed E-state index contributed by atoms with van der Waals surface area (Å²) in [6.45, 7) is 6.27. The lowest BCUT2D eigenvalue weighted by Crippen LogP contribution is -2.49. The van der Waals surface area contributed by atoms with E-state index in [-0.39, 0.29) is 41.8 Å². The topological polar surface area (TPSA) is 104 Å². The average Bonchev–Trinajstić information content (AvgIpc) is 3.02. The third-order valence-electron chi connectivity index (χ3n) is 6.09. The maximum atomic E-state index is 13.4. The number of benzene rings is 2. The lowest BCUT2D eigenvalue weighted by atomic mass is 10.1. The second-order valence-corrected chi connectivity index (χ2v) is 10.5. The fourth-order valence-electron chi connectivity index (χ4n) is 4.23. The molecule has 0 aliphatic carbocycles. The van der Waals surface area contributed by atoms with E-state index < -0.39 is 22.0 Å². The zero-order chi connectivity index (χ0) is 25.6. The summed E-state index contributed by atoms with van der Waals surface area (Å²) in [5.41, 5.74) is 2.01. The van der Waals surface area contributed by atoms with Crippen molar-refractivity contribution in [3.8, 4) is 0 Å². The van der Waals surface area contributed by atoms with Gasteiger partial charge >= 0.3 is 0 Å². The van der Waals surface area contributed by atoms with Gasteiger partial charge in [0.25, 0.3) is 15.9 Å². The number of rotatable bonds is 11. The first kappa shape index (κ1) is 26.4. The van der Waals surface area contributed by atoms with Crippen LogP contribution >= 0.6 is 0 Å². The Labute approximate surface area is 207 Å². The predicted octanol–water partition coefficient (Wildman–Crippen LogP) is 3.25. The minimum Gasteiger partial charge on any atom is -0.354 e. The average molecular weight is 500 g/mol. The van der Waals surface area contributed by atoms with Crippen LogP contribution < -0.4 is 5.32 Å². The molecule has 1 N–H and O–H groups in total. The van der Waals surface area contributed by atoms with Gasteiger partial charge < -0.3 is 10.2 Å². The van der Waals surface area contributed by atoms with Gasteiger partial charge in [-0.25, -0.2) is 12.7 Å². The van der Waals surface area contributed by atoms with E-state index in [0.29, 0.717) is 13.0 Å². The van der Waals surface area contributed by atoms with Crippen molar-refractivity contribution in [2.75, 3.05) is 13.1 Å². The van der Waals surface area contributed by atoms with Crippen LogP contribution in [0.1, 0.15) is 61.0 Å². The minimum absolute atomic E-state index is 0.0456. The van der Waals surface area contributed by atoms with Gasteiger partial charge in [0.05, 0.1) is 5.56 Å². The second-order valence-electron chi connectivity index (χ2n) is 8.71. The normalized spacial score (nSPS) is 14.9. The number of amides is 3. The molecule has 0 radical (unpaired) electrons. The molecule has 0 bridgehead atoms. The smallest absolute Gasteiger partial charge is 0.269 e. The number of hydrogen-bond acceptors (Lipinski definition) is 5. The van der Waals surface area contributed by atoms with Crippen molar-refractivity contribution in [2.24, 2.45) is 0 Å². The fraction of sp³-hybridized carbons (Fsp3) is 0.423. The molecule has 3 rings (SSSR count). The molecule has 0 fully saturated rings. The Kier molecular flexibility index (Phi) is 8.67. The molecule has 0 saturated heterocycles. The maximum absolute atomic E-state index is 13.4. The maximum Gasteiger partial charge on any atom is 0.269 e. The van der Waals surface area contributed by atoms with Crippen LogP contribution in [0.25, 0.3) is 0 Å². The number of fused-ring (bicyclic) bond motifs is 1. The van der Waals surface area contributed by atoms with Crippen molar-refractivity contribution in [1.82, 2.24) is 14.5 Å². The Hall–Kier alpha value is -3.20. The van der Waals surface area contributed by atoms with E-state index in [2.05, 4.69) is 5.32 Å². The lowest BCUT2D eigenvalue weighted by Gasteiger charge is -2.31. The summed E-state index contributed by atoms with van der Waals surface area (Å²) in [7, 11) is -4.00. The Balaban J connectivity index is 1.81. The van der Waals surface area contributed by atoms with Crippen molar-refractivity contribution in [3.05, 3.63) is 65.2 Å². The van der Waals surface area contributed by atoms with Gasteiger partial charge in [-0.3, -0.25) is 14.4 Å². The van der Waals surface area contributed by atoms with Gasteiger partial charge in [-0.1, -0.05) is 62.2 Å². The van der Waals surface area contributed by atoms with Crippen molar-refractivity contribution < 1.29 is 22.8 Å². The number of unbranched alkanes of at least 4 members (excludes halogenated alkanes) is 1. The summed E-state index contributed by atoms with van der Waals surface area (Å²) >= 11 is 0. The van der Waals surface area contributed by atoms with Crippen LogP contribution in [0.3, 0.4) is 0 Å². The third kappa shape index (κ3) is 5.90. The van der Waals surface area contributed by atoms with Crippen LogP contribution in [0, 0.1) is 6.92 Å². The van der Waals surface area contributed by atoms with E-state index in [1.165, 1.54) is 17.0 Å². The monoisotopic (exact) mass is 499 g/mol. The zero-order valence-electron chi connectivity index (χ0n) is 20.5. The molecule has 1 aliphatic rings. The molecule has 9 heteroatoms. The molecule has 1 atom stereocenters. The molecule has 1 heterocycles. The molecule has 0 spiro atoms. The summed E-state index contributed by atoms with van der Waals surface area (Å²) < 4.78 is 26.5. The highest BCUT2D eigenvalue weighted by Gasteiger charge is 2.41. The van der Waals surface area contributed by atoms with E-state index in [4.69, 9.17) is 0 Å². The van der Waals surface area contributed by atoms with Crippen LogP contribution in [0.2, 0.25) is 0 Å². The number of carbonyl (C=O) groups excluding carboxylic acids is 3. The highest BCUT2D eigenvalue weighted by molar-refractivity contribution is 7.90. The van der Waals surface area contributed by atoms with Crippen LogP contribution in [-0.4, -0.2) is 54.5 Å². The SMILES string of the molecule is CCCCNC(=O)[C@H](CC)N(Cc1cccc(C)c1)C(=O)CCN1C(=O)c2ccccc2S1(=O)=O. The molecule has 35 heavy (non-hydrogen) atoms. The van der Waals surface area contributed by atoms with Crippen LogP contribution in [0.5, 0.6) is 0 Å². The summed E-state index contributed by atoms with van der Waals surface area (Å²) in [6, 6.07) is 13.0. The van der Waals surface area contributed by atoms with E-state index >= 15 is 0 Å². The van der Waals surface area contributed by atoms with Crippen molar-refractivity contribution in [3.63, 3.8) is 0 Å². The van der Waals surface area contributed by atoms with Gasteiger partial charge in [0, 0.05) is 26.1 Å². The Morgan fingerprint density at radius 1 is 1.09 bits per heavy atom. The van der Waals surface area contributed by atoms with E-state index in [9.17, 15) is 22.8 Å². The summed E-state index contributed by atoms with van der Waals surface area (Å²) in [6.07, 6.45) is 1.96. The van der Waals surface area contributed by atoms with Crippen LogP contribution in [0.15, 0.2) is 53.4 Å². The molecule has 188 valence electrons. The molecule has 1 aliphatic heterocycles. The number of sulfonamides is 1. The molecular weight excluding hydrogens is 466 g/mol. The summed E-state index contributed by atoms with van der Waals surface area (Å²) in [5.74, 6) is -1.26. The number of hydrogen-bond donors (Lipinski definition) is 1. The Morgan fingerprint density at radius 2 is 1.83 bits per heavy atom. The van der Waals surface area contributed by atoms with E-state index in [0.717, 1.165) is 28.3 Å². The summed E-state index contributed by atoms with van der Waals surface area (Å²) in [5, 5.41) is 2.90. The molecule has 2 aromatic rings. The van der Waals surface area contributed by atoms with Crippen molar-refractivity contribution >= 4 is 27.7 Å². The molecule has 0 unspecified atom stereocenters. The largest absolute Gasteiger partial charge is 0.354 e. The molecular formula is C26H33N3O5S. The summed E-state index contributed by atoms with van der Waals surface area (Å²) in [4.78, 5) is 40.6. The second kappa shape index (κ2) is 11.5. The molecule has 8 nitrogen and oxygen atoms in total. The molecule has 3 amide bonds. The van der Waals surface area contributed by atoms with Gasteiger partial charge in [-0.2, -0.15) is 0 Å². The molecule has 0 saturated carbocycles. The number of aryl methyl sites for hydroxylation is 1. The zero-order valence-corrected chi connectivity index (χ0v) is 21.3. The fourth-order valence-corrected chi connectivity index (χ4v) is 5.80. The van der Waals surface area contributed by atoms with E-state index in [1.54, 1.807) is 12.1 Å². The van der Waals surface area contributed by atoms with Gasteiger partial charge in [0.1, 0.15) is 10.9 Å². The standard InChI is InChI=1S/C26H33N3O5S/c1-4-6-15-27-25(31)22(5-2)28(18-20-11-9-10-19(3)17-20)24(30)14-16-29-26(32)21-12-7-8-13-23(21)35(29,33)34/h7-13,17,22H,4-6,14-16,18H2,1-3H3,(H,27,31)/t22-/m0/s1. The van der Waals surface area contributed by atoms with Gasteiger partial charge in [0.2, 0.25) is 11.8 Å². The molecule has 0 aromatic heterocycles. The first-order valence-electron chi connectivity index (χ1n) is 12.0. The quantitative estimate of drug-likeness (QED) is 0.478. The lowest BCUT2D eigenvalue weighted by molar-refractivity contribution is -0.141. The molecule has 2 aromatic carbocycles. The third-order valence-corrected chi connectivity index (χ3v) is 7.93. The predicted molar refractivity (Wildman–Crippen MR) is 133 cm³/mol. The highest BCUT2D eigenvalue weighted by Crippen LogP contribution is 2.30. The van der Waals surface area contributed by atoms with Gasteiger partial charge in [-0.05, 0) is 37.5 Å². The van der Waals surface area contributed by atoms with Crippen molar-refractivity contribution in [2.45, 2.75) is 63.9 Å². The van der Waals surface area contributed by atoms with Crippen LogP contribution in [0.4, 0.5) is 0 Å². The number of nitrogens with one attached hydrogen (secondary N) is 1.